The summed E-state index contributed by atoms with van der Waals surface area (Å²) in [6.07, 6.45) is 67.2. The maximum atomic E-state index is 13.0. The Bertz CT molecular complexity index is 1290. The molecule has 0 aromatic heterocycles. The molecule has 0 heterocycles. The van der Waals surface area contributed by atoms with Gasteiger partial charge in [-0.3, -0.25) is 9.36 Å². The lowest BCUT2D eigenvalue weighted by Gasteiger charge is -2.29. The van der Waals surface area contributed by atoms with Crippen LogP contribution in [0, 0.1) is 0 Å². The van der Waals surface area contributed by atoms with Gasteiger partial charge in [-0.1, -0.05) is 235 Å². The van der Waals surface area contributed by atoms with Crippen molar-refractivity contribution >= 4 is 13.7 Å². The number of aliphatic hydroxyl groups excluding tert-OH is 1. The van der Waals surface area contributed by atoms with E-state index in [4.69, 9.17) is 9.05 Å². The average Bonchev–Trinajstić information content (AvgIpc) is 3.30. The second kappa shape index (κ2) is 50.2. The fourth-order valence-corrected chi connectivity index (χ4v) is 8.88. The molecule has 0 aliphatic carbocycles. The monoisotopic (exact) mass is 975 g/mol. The normalized spacial score (nSPS) is 14.4. The molecular weight excluding hydrogens is 864 g/mol. The van der Waals surface area contributed by atoms with Crippen LogP contribution in [-0.4, -0.2) is 68.5 Å². The van der Waals surface area contributed by atoms with Crippen LogP contribution in [0.2, 0.25) is 0 Å². The summed E-state index contributed by atoms with van der Waals surface area (Å²) in [4.78, 5) is 25.5. The van der Waals surface area contributed by atoms with Crippen LogP contribution in [0.3, 0.4) is 0 Å². The highest BCUT2D eigenvalue weighted by molar-refractivity contribution is 7.45. The first-order chi connectivity index (χ1) is 33.0. The van der Waals surface area contributed by atoms with Gasteiger partial charge in [0.2, 0.25) is 5.91 Å². The van der Waals surface area contributed by atoms with Crippen molar-refractivity contribution in [3.63, 3.8) is 0 Å². The number of phosphoric acid groups is 1. The van der Waals surface area contributed by atoms with Crippen LogP contribution in [0.1, 0.15) is 258 Å². The number of nitrogens with one attached hydrogen (secondary N) is 1. The molecule has 3 atom stereocenters. The molecule has 2 N–H and O–H groups in total. The first-order valence-electron chi connectivity index (χ1n) is 28.7. The number of carbonyl (C=O) groups is 1. The second-order valence-corrected chi connectivity index (χ2v) is 22.0. The van der Waals surface area contributed by atoms with Gasteiger partial charge in [0.1, 0.15) is 13.2 Å². The number of phosphoric ester groups is 1. The standard InChI is InChI=1S/C59H111N2O6P/c1-6-8-10-12-14-16-18-20-22-24-26-28-29-30-31-33-35-37-39-41-43-45-47-49-51-53-59(63)60-57(56-67-68(64,65)66-55-54-61(3,4)5)58(62)52-50-48-46-44-42-40-38-36-34-32-27-25-23-21-19-17-15-13-11-9-7-2/h18,20,24,26,34,36,42,44,50,52,57-58,62H,6-17,19,21-23,25,27-33,35,37-41,43,45-49,51,53-56H2,1-5H3,(H-,60,63,64,65)/b20-18-,26-24-,36-34+,44-42+,52-50+. The molecule has 0 fully saturated rings. The molecule has 8 nitrogen and oxygen atoms in total. The molecular formula is C59H111N2O6P. The van der Waals surface area contributed by atoms with E-state index in [0.29, 0.717) is 17.4 Å². The van der Waals surface area contributed by atoms with E-state index in [-0.39, 0.29) is 12.5 Å². The van der Waals surface area contributed by atoms with E-state index in [2.05, 4.69) is 67.8 Å². The summed E-state index contributed by atoms with van der Waals surface area (Å²) in [5.74, 6) is -0.212. The van der Waals surface area contributed by atoms with E-state index in [9.17, 15) is 19.4 Å². The van der Waals surface area contributed by atoms with Crippen molar-refractivity contribution in [3.05, 3.63) is 60.8 Å². The van der Waals surface area contributed by atoms with Gasteiger partial charge in [0.05, 0.1) is 39.9 Å². The number of hydrogen-bond acceptors (Lipinski definition) is 6. The first kappa shape index (κ1) is 66.2. The Balaban J connectivity index is 4.28. The molecule has 0 saturated heterocycles. The number of hydrogen-bond donors (Lipinski definition) is 2. The van der Waals surface area contributed by atoms with Crippen LogP contribution in [0.15, 0.2) is 60.8 Å². The van der Waals surface area contributed by atoms with Crippen LogP contribution >= 0.6 is 7.82 Å². The summed E-state index contributed by atoms with van der Waals surface area (Å²) >= 11 is 0. The van der Waals surface area contributed by atoms with Crippen molar-refractivity contribution in [2.75, 3.05) is 40.9 Å². The number of likely N-dealkylation sites (N-methyl/N-ethyl adjacent to an activating group) is 1. The lowest BCUT2D eigenvalue weighted by Crippen LogP contribution is -2.45. The Morgan fingerprint density at radius 1 is 0.515 bits per heavy atom. The summed E-state index contributed by atoms with van der Waals surface area (Å²) < 4.78 is 23.3. The third-order valence-electron chi connectivity index (χ3n) is 12.7. The number of rotatable bonds is 52. The van der Waals surface area contributed by atoms with E-state index in [0.717, 1.165) is 51.4 Å². The highest BCUT2D eigenvalue weighted by Gasteiger charge is 2.23. The van der Waals surface area contributed by atoms with Gasteiger partial charge in [0.15, 0.2) is 0 Å². The summed E-state index contributed by atoms with van der Waals surface area (Å²) in [6.45, 7) is 4.63. The van der Waals surface area contributed by atoms with E-state index in [1.165, 1.54) is 186 Å². The molecule has 398 valence electrons. The molecule has 0 spiro atoms. The first-order valence-corrected chi connectivity index (χ1v) is 30.1. The van der Waals surface area contributed by atoms with Crippen LogP contribution in [0.4, 0.5) is 0 Å². The summed E-state index contributed by atoms with van der Waals surface area (Å²) in [6, 6.07) is -0.912. The third kappa shape index (κ3) is 52.0. The van der Waals surface area contributed by atoms with Crippen molar-refractivity contribution in [3.8, 4) is 0 Å². The SMILES string of the molecule is CCCCCCC/C=C\C/C=C\CCCCCCCCCCCCCCCC(=O)NC(COP(=O)([O-])OCC[N+](C)(C)C)C(O)/C=C/CC/C=C/CC/C=C/CCCCCCCCCCCCC. The molecule has 0 aromatic rings. The highest BCUT2D eigenvalue weighted by Crippen LogP contribution is 2.38. The van der Waals surface area contributed by atoms with Crippen molar-refractivity contribution in [2.24, 2.45) is 0 Å². The largest absolute Gasteiger partial charge is 0.756 e. The molecule has 0 radical (unpaired) electrons. The van der Waals surface area contributed by atoms with Crippen molar-refractivity contribution in [2.45, 2.75) is 270 Å². The van der Waals surface area contributed by atoms with Gasteiger partial charge in [-0.2, -0.15) is 0 Å². The second-order valence-electron chi connectivity index (χ2n) is 20.6. The van der Waals surface area contributed by atoms with E-state index >= 15 is 0 Å². The van der Waals surface area contributed by atoms with Gasteiger partial charge in [-0.25, -0.2) is 0 Å². The average molecular weight is 976 g/mol. The Morgan fingerprint density at radius 3 is 1.28 bits per heavy atom. The minimum Gasteiger partial charge on any atom is -0.756 e. The summed E-state index contributed by atoms with van der Waals surface area (Å²) in [5.41, 5.74) is 0. The predicted molar refractivity (Wildman–Crippen MR) is 293 cm³/mol. The van der Waals surface area contributed by atoms with Gasteiger partial charge in [0, 0.05) is 6.42 Å². The van der Waals surface area contributed by atoms with Crippen LogP contribution in [-0.2, 0) is 18.4 Å². The van der Waals surface area contributed by atoms with Gasteiger partial charge < -0.3 is 28.8 Å². The molecule has 68 heavy (non-hydrogen) atoms. The third-order valence-corrected chi connectivity index (χ3v) is 13.6. The number of carbonyl (C=O) groups excluding carboxylic acids is 1. The Morgan fingerprint density at radius 2 is 0.868 bits per heavy atom. The maximum absolute atomic E-state index is 13.0. The molecule has 1 amide bonds. The van der Waals surface area contributed by atoms with Crippen molar-refractivity contribution in [1.29, 1.82) is 0 Å². The number of aliphatic hydroxyl groups is 1. The molecule has 3 unspecified atom stereocenters. The van der Waals surface area contributed by atoms with Crippen LogP contribution in [0.5, 0.6) is 0 Å². The molecule has 0 saturated carbocycles. The quantitative estimate of drug-likeness (QED) is 0.0272. The van der Waals surface area contributed by atoms with Crippen LogP contribution < -0.4 is 10.2 Å². The minimum absolute atomic E-state index is 0.0103. The van der Waals surface area contributed by atoms with Gasteiger partial charge >= 0.3 is 0 Å². The maximum Gasteiger partial charge on any atom is 0.268 e. The Labute approximate surface area is 422 Å². The molecule has 0 aliphatic heterocycles. The number of quaternary nitrogens is 1. The highest BCUT2D eigenvalue weighted by atomic mass is 31.2. The van der Waals surface area contributed by atoms with Crippen molar-refractivity contribution in [1.82, 2.24) is 5.32 Å². The van der Waals surface area contributed by atoms with Gasteiger partial charge in [-0.05, 0) is 77.0 Å². The zero-order valence-corrected chi connectivity index (χ0v) is 46.2. The molecule has 0 aromatic carbocycles. The molecule has 0 bridgehead atoms. The predicted octanol–water partition coefficient (Wildman–Crippen LogP) is 16.7. The summed E-state index contributed by atoms with van der Waals surface area (Å²) in [5, 5.41) is 13.9. The van der Waals surface area contributed by atoms with E-state index in [1.54, 1.807) is 6.08 Å². The molecule has 9 heteroatoms. The van der Waals surface area contributed by atoms with Crippen molar-refractivity contribution < 1.29 is 32.9 Å². The number of allylic oxidation sites excluding steroid dienone is 9. The molecule has 0 aliphatic rings. The summed E-state index contributed by atoms with van der Waals surface area (Å²) in [7, 11) is 1.23. The number of nitrogens with zero attached hydrogens (tertiary/aromatic N) is 1. The Kier molecular flexibility index (Phi) is 48.8. The zero-order valence-electron chi connectivity index (χ0n) is 45.3. The number of amides is 1. The topological polar surface area (TPSA) is 108 Å². The van der Waals surface area contributed by atoms with Crippen LogP contribution in [0.25, 0.3) is 0 Å². The van der Waals surface area contributed by atoms with E-state index < -0.39 is 26.6 Å². The minimum atomic E-state index is -4.61. The fourth-order valence-electron chi connectivity index (χ4n) is 8.16. The van der Waals surface area contributed by atoms with Gasteiger partial charge in [-0.15, -0.1) is 0 Å². The fraction of sp³-hybridized carbons (Fsp3) is 0.814. The zero-order chi connectivity index (χ0) is 49.9. The molecule has 0 rings (SSSR count). The van der Waals surface area contributed by atoms with E-state index in [1.807, 2.05) is 27.2 Å². The smallest absolute Gasteiger partial charge is 0.268 e. The Hall–Kier alpha value is -1.80. The lowest BCUT2D eigenvalue weighted by atomic mass is 10.0. The lowest BCUT2D eigenvalue weighted by molar-refractivity contribution is -0.870. The number of unbranched alkanes of at least 4 members (excludes halogenated alkanes) is 31. The van der Waals surface area contributed by atoms with Gasteiger partial charge in [0.25, 0.3) is 7.82 Å².